The summed E-state index contributed by atoms with van der Waals surface area (Å²) in [5, 5.41) is 2.93. The molecule has 1 aromatic rings. The summed E-state index contributed by atoms with van der Waals surface area (Å²) < 4.78 is 40.4. The van der Waals surface area contributed by atoms with Crippen molar-refractivity contribution in [1.82, 2.24) is 4.98 Å². The summed E-state index contributed by atoms with van der Waals surface area (Å²) in [5.74, 6) is -0.0694. The van der Waals surface area contributed by atoms with Gasteiger partial charge in [0.1, 0.15) is 10.8 Å². The number of aromatic nitrogens is 1. The molecule has 0 aromatic carbocycles. The molecule has 0 spiro atoms. The van der Waals surface area contributed by atoms with Crippen LogP contribution in [0.25, 0.3) is 0 Å². The number of nitrogens with zero attached hydrogens (tertiary/aromatic N) is 1. The second-order valence-corrected chi connectivity index (χ2v) is 3.85. The van der Waals surface area contributed by atoms with Crippen LogP contribution in [0.15, 0.2) is 6.07 Å². The van der Waals surface area contributed by atoms with Gasteiger partial charge in [0.15, 0.2) is 6.61 Å². The summed E-state index contributed by atoms with van der Waals surface area (Å²) in [5.41, 5.74) is 0. The highest BCUT2D eigenvalue weighted by molar-refractivity contribution is 6.36. The third-order valence-corrected chi connectivity index (χ3v) is 2.17. The number of anilines is 1. The first-order valence-corrected chi connectivity index (χ1v) is 5.38. The Kier molecular flexibility index (Phi) is 4.70. The van der Waals surface area contributed by atoms with Crippen molar-refractivity contribution in [1.29, 1.82) is 0 Å². The predicted molar refractivity (Wildman–Crippen MR) is 60.0 cm³/mol. The normalized spacial score (nSPS) is 11.4. The van der Waals surface area contributed by atoms with E-state index in [1.54, 1.807) is 6.92 Å². The lowest BCUT2D eigenvalue weighted by molar-refractivity contribution is -0.154. The van der Waals surface area contributed by atoms with Crippen LogP contribution < -0.4 is 10.1 Å². The largest absolute Gasteiger partial charge is 0.467 e. The van der Waals surface area contributed by atoms with E-state index in [4.69, 9.17) is 23.2 Å². The summed E-state index contributed by atoms with van der Waals surface area (Å²) in [4.78, 5) is 3.77. The zero-order valence-corrected chi connectivity index (χ0v) is 10.2. The maximum absolute atomic E-state index is 12.0. The summed E-state index contributed by atoms with van der Waals surface area (Å²) >= 11 is 11.4. The average Bonchev–Trinajstić information content (AvgIpc) is 2.19. The van der Waals surface area contributed by atoms with Crippen LogP contribution in [0.5, 0.6) is 5.88 Å². The third-order valence-electron chi connectivity index (χ3n) is 1.61. The maximum Gasteiger partial charge on any atom is 0.422 e. The van der Waals surface area contributed by atoms with Gasteiger partial charge in [0, 0.05) is 6.54 Å². The van der Waals surface area contributed by atoms with Crippen molar-refractivity contribution in [3.05, 3.63) is 16.1 Å². The number of hydrogen-bond donors (Lipinski definition) is 1. The lowest BCUT2D eigenvalue weighted by Gasteiger charge is -2.12. The number of pyridine rings is 1. The molecule has 1 N–H and O–H groups in total. The van der Waals surface area contributed by atoms with Gasteiger partial charge >= 0.3 is 6.18 Å². The van der Waals surface area contributed by atoms with Crippen molar-refractivity contribution in [2.75, 3.05) is 18.5 Å². The fourth-order valence-corrected chi connectivity index (χ4v) is 1.47. The molecule has 96 valence electrons. The van der Waals surface area contributed by atoms with E-state index < -0.39 is 12.8 Å². The SMILES string of the molecule is CCNc1nc(OCC(F)(F)F)c(Cl)cc1Cl. The first-order chi connectivity index (χ1) is 7.83. The molecule has 1 rings (SSSR count). The van der Waals surface area contributed by atoms with Crippen molar-refractivity contribution in [3.8, 4) is 5.88 Å². The predicted octanol–water partition coefficient (Wildman–Crippen LogP) is 3.76. The monoisotopic (exact) mass is 288 g/mol. The summed E-state index contributed by atoms with van der Waals surface area (Å²) in [7, 11) is 0. The zero-order chi connectivity index (χ0) is 13.1. The van der Waals surface area contributed by atoms with Gasteiger partial charge in [0.25, 0.3) is 0 Å². The highest BCUT2D eigenvalue weighted by atomic mass is 35.5. The summed E-state index contributed by atoms with van der Waals surface area (Å²) in [6, 6.07) is 1.28. The van der Waals surface area contributed by atoms with Crippen LogP contribution in [0.1, 0.15) is 6.92 Å². The topological polar surface area (TPSA) is 34.2 Å². The molecular formula is C9H9Cl2F3N2O. The molecular weight excluding hydrogens is 280 g/mol. The minimum absolute atomic E-state index is 0.0686. The minimum atomic E-state index is -4.44. The molecule has 1 heterocycles. The molecule has 0 amide bonds. The van der Waals surface area contributed by atoms with Crippen LogP contribution >= 0.6 is 23.2 Å². The van der Waals surface area contributed by atoms with Gasteiger partial charge in [-0.05, 0) is 13.0 Å². The van der Waals surface area contributed by atoms with E-state index in [9.17, 15) is 13.2 Å². The van der Waals surface area contributed by atoms with Crippen LogP contribution in [-0.4, -0.2) is 24.3 Å². The quantitative estimate of drug-likeness (QED) is 0.916. The molecule has 0 aliphatic carbocycles. The molecule has 0 bridgehead atoms. The molecule has 0 saturated carbocycles. The van der Waals surface area contributed by atoms with Crippen LogP contribution in [0, 0.1) is 0 Å². The van der Waals surface area contributed by atoms with Crippen molar-refractivity contribution in [3.63, 3.8) is 0 Å². The van der Waals surface area contributed by atoms with Crippen molar-refractivity contribution < 1.29 is 17.9 Å². The molecule has 0 radical (unpaired) electrons. The molecule has 1 aromatic heterocycles. The Morgan fingerprint density at radius 2 is 2.00 bits per heavy atom. The highest BCUT2D eigenvalue weighted by Gasteiger charge is 2.29. The van der Waals surface area contributed by atoms with Crippen LogP contribution in [0.4, 0.5) is 19.0 Å². The molecule has 8 heteroatoms. The van der Waals surface area contributed by atoms with E-state index in [0.717, 1.165) is 0 Å². The fraction of sp³-hybridized carbons (Fsp3) is 0.444. The third kappa shape index (κ3) is 4.47. The first kappa shape index (κ1) is 14.2. The Bertz CT molecular complexity index is 399. The van der Waals surface area contributed by atoms with Gasteiger partial charge < -0.3 is 10.1 Å². The minimum Gasteiger partial charge on any atom is -0.467 e. The van der Waals surface area contributed by atoms with E-state index in [-0.39, 0.29) is 21.7 Å². The Morgan fingerprint density at radius 3 is 2.53 bits per heavy atom. The first-order valence-electron chi connectivity index (χ1n) is 4.63. The molecule has 17 heavy (non-hydrogen) atoms. The van der Waals surface area contributed by atoms with Gasteiger partial charge in [-0.1, -0.05) is 23.2 Å². The molecule has 3 nitrogen and oxygen atoms in total. The van der Waals surface area contributed by atoms with Crippen molar-refractivity contribution in [2.24, 2.45) is 0 Å². The number of alkyl halides is 3. The number of nitrogens with one attached hydrogen (secondary N) is 1. The highest BCUT2D eigenvalue weighted by Crippen LogP contribution is 2.31. The van der Waals surface area contributed by atoms with Crippen LogP contribution in [0.3, 0.4) is 0 Å². The molecule has 0 unspecified atom stereocenters. The van der Waals surface area contributed by atoms with E-state index in [1.807, 2.05) is 0 Å². The van der Waals surface area contributed by atoms with Crippen LogP contribution in [-0.2, 0) is 0 Å². The van der Waals surface area contributed by atoms with Crippen molar-refractivity contribution in [2.45, 2.75) is 13.1 Å². The molecule has 0 aliphatic heterocycles. The average molecular weight is 289 g/mol. The van der Waals surface area contributed by atoms with E-state index >= 15 is 0 Å². The molecule has 0 aliphatic rings. The van der Waals surface area contributed by atoms with Gasteiger partial charge in [0.2, 0.25) is 5.88 Å². The maximum atomic E-state index is 12.0. The number of hydrogen-bond acceptors (Lipinski definition) is 3. The number of halogens is 5. The van der Waals surface area contributed by atoms with Crippen molar-refractivity contribution >= 4 is 29.0 Å². The second-order valence-electron chi connectivity index (χ2n) is 3.04. The Morgan fingerprint density at radius 1 is 1.35 bits per heavy atom. The van der Waals surface area contributed by atoms with E-state index in [2.05, 4.69) is 15.0 Å². The second kappa shape index (κ2) is 5.64. The summed E-state index contributed by atoms with van der Waals surface area (Å²) in [6.07, 6.45) is -4.44. The van der Waals surface area contributed by atoms with Gasteiger partial charge in [-0.15, -0.1) is 0 Å². The van der Waals surface area contributed by atoms with E-state index in [1.165, 1.54) is 6.07 Å². The van der Waals surface area contributed by atoms with Crippen LogP contribution in [0.2, 0.25) is 10.0 Å². The van der Waals surface area contributed by atoms with E-state index in [0.29, 0.717) is 6.54 Å². The number of rotatable bonds is 4. The number of ether oxygens (including phenoxy) is 1. The zero-order valence-electron chi connectivity index (χ0n) is 8.74. The lowest BCUT2D eigenvalue weighted by atomic mass is 10.4. The molecule has 0 fully saturated rings. The Balaban J connectivity index is 2.88. The Labute approximate surface area is 106 Å². The van der Waals surface area contributed by atoms with Gasteiger partial charge in [0.05, 0.1) is 5.02 Å². The Hall–Kier alpha value is -0.880. The fourth-order valence-electron chi connectivity index (χ4n) is 0.993. The van der Waals surface area contributed by atoms with Gasteiger partial charge in [-0.3, -0.25) is 0 Å². The van der Waals surface area contributed by atoms with Gasteiger partial charge in [-0.2, -0.15) is 18.2 Å². The smallest absolute Gasteiger partial charge is 0.422 e. The molecule has 0 saturated heterocycles. The lowest BCUT2D eigenvalue weighted by Crippen LogP contribution is -2.20. The van der Waals surface area contributed by atoms with Gasteiger partial charge in [-0.25, -0.2) is 0 Å². The molecule has 0 atom stereocenters. The standard InChI is InChI=1S/C9H9Cl2F3N2O/c1-2-15-7-5(10)3-6(11)8(16-7)17-4-9(12,13)14/h3H,2,4H2,1H3,(H,15,16). The summed E-state index contributed by atoms with van der Waals surface area (Å²) in [6.45, 7) is 0.864.